The molecule has 3 nitrogen and oxygen atoms in total. The summed E-state index contributed by atoms with van der Waals surface area (Å²) in [7, 11) is 0. The van der Waals surface area contributed by atoms with Gasteiger partial charge in [0.15, 0.2) is 0 Å². The fourth-order valence-corrected chi connectivity index (χ4v) is 4.34. The highest BCUT2D eigenvalue weighted by Gasteiger charge is 2.53. The van der Waals surface area contributed by atoms with Gasteiger partial charge in [-0.2, -0.15) is 0 Å². The third-order valence-corrected chi connectivity index (χ3v) is 5.96. The molecule has 1 heterocycles. The van der Waals surface area contributed by atoms with Gasteiger partial charge in [-0.25, -0.2) is 4.79 Å². The van der Waals surface area contributed by atoms with Crippen LogP contribution in [0.25, 0.3) is 11.3 Å². The standard InChI is InChI=1S/C21H23NO2/c1-4-24-20(23)16-12-15-17-10-14(21(17,2)3)11-18(15)22-19(16)13-8-6-5-7-9-13/h5-9,12,14,17H,4,10-11H2,1-3H3. The Labute approximate surface area is 143 Å². The molecule has 0 saturated heterocycles. The molecule has 24 heavy (non-hydrogen) atoms. The zero-order valence-corrected chi connectivity index (χ0v) is 14.5. The van der Waals surface area contributed by atoms with Crippen LogP contribution in [-0.4, -0.2) is 17.6 Å². The van der Waals surface area contributed by atoms with E-state index in [-0.39, 0.29) is 5.97 Å². The Morgan fingerprint density at radius 1 is 1.29 bits per heavy atom. The van der Waals surface area contributed by atoms with Crippen molar-refractivity contribution in [2.75, 3.05) is 6.61 Å². The second kappa shape index (κ2) is 5.44. The van der Waals surface area contributed by atoms with Crippen LogP contribution in [0.3, 0.4) is 0 Å². The van der Waals surface area contributed by atoms with E-state index >= 15 is 0 Å². The summed E-state index contributed by atoms with van der Waals surface area (Å²) in [5, 5.41) is 0. The largest absolute Gasteiger partial charge is 0.462 e. The SMILES string of the molecule is CCOC(=O)c1cc2c(nc1-c1ccccc1)CC1CC2C1(C)C. The van der Waals surface area contributed by atoms with E-state index < -0.39 is 0 Å². The molecule has 124 valence electrons. The topological polar surface area (TPSA) is 39.2 Å². The molecule has 3 aliphatic carbocycles. The molecular formula is C21H23NO2. The number of ether oxygens (including phenoxy) is 1. The van der Waals surface area contributed by atoms with Gasteiger partial charge >= 0.3 is 5.97 Å². The minimum absolute atomic E-state index is 0.272. The van der Waals surface area contributed by atoms with E-state index in [9.17, 15) is 4.79 Å². The Kier molecular flexibility index (Phi) is 3.48. The lowest BCUT2D eigenvalue weighted by atomic mass is 9.48. The van der Waals surface area contributed by atoms with Crippen LogP contribution in [0.1, 0.15) is 54.7 Å². The lowest BCUT2D eigenvalue weighted by Gasteiger charge is -2.56. The molecule has 3 heteroatoms. The van der Waals surface area contributed by atoms with Crippen LogP contribution < -0.4 is 0 Å². The first-order chi connectivity index (χ1) is 11.5. The number of hydrogen-bond donors (Lipinski definition) is 0. The van der Waals surface area contributed by atoms with Crippen LogP contribution in [0.15, 0.2) is 36.4 Å². The zero-order chi connectivity index (χ0) is 16.9. The van der Waals surface area contributed by atoms with Crippen LogP contribution in [0, 0.1) is 11.3 Å². The van der Waals surface area contributed by atoms with Crippen LogP contribution in [0.5, 0.6) is 0 Å². The maximum Gasteiger partial charge on any atom is 0.340 e. The van der Waals surface area contributed by atoms with Gasteiger partial charge in [0.1, 0.15) is 0 Å². The van der Waals surface area contributed by atoms with E-state index in [0.29, 0.717) is 29.4 Å². The second-order valence-electron chi connectivity index (χ2n) is 7.52. The first-order valence-corrected chi connectivity index (χ1v) is 8.78. The van der Waals surface area contributed by atoms with Crippen LogP contribution in [-0.2, 0) is 11.2 Å². The number of aromatic nitrogens is 1. The number of carbonyl (C=O) groups excluding carboxylic acids is 1. The van der Waals surface area contributed by atoms with Gasteiger partial charge in [-0.3, -0.25) is 4.98 Å². The highest BCUT2D eigenvalue weighted by atomic mass is 16.5. The summed E-state index contributed by atoms with van der Waals surface area (Å²) in [6.07, 6.45) is 2.23. The van der Waals surface area contributed by atoms with E-state index in [4.69, 9.17) is 9.72 Å². The van der Waals surface area contributed by atoms with Crippen molar-refractivity contribution in [2.45, 2.75) is 39.5 Å². The highest BCUT2D eigenvalue weighted by Crippen LogP contribution is 2.62. The molecule has 2 unspecified atom stereocenters. The summed E-state index contributed by atoms with van der Waals surface area (Å²) < 4.78 is 5.30. The molecule has 2 aromatic rings. The van der Waals surface area contributed by atoms with Crippen LogP contribution in [0.2, 0.25) is 0 Å². The zero-order valence-electron chi connectivity index (χ0n) is 14.5. The highest BCUT2D eigenvalue weighted by molar-refractivity contribution is 5.96. The molecule has 0 amide bonds. The third-order valence-electron chi connectivity index (χ3n) is 5.96. The molecule has 1 aromatic carbocycles. The maximum absolute atomic E-state index is 12.5. The molecule has 1 fully saturated rings. The number of esters is 1. The average Bonchev–Trinajstić information content (AvgIpc) is 2.60. The molecule has 1 saturated carbocycles. The first-order valence-electron chi connectivity index (χ1n) is 8.78. The Balaban J connectivity index is 1.87. The molecule has 5 rings (SSSR count). The van der Waals surface area contributed by atoms with Crippen molar-refractivity contribution in [3.63, 3.8) is 0 Å². The fourth-order valence-electron chi connectivity index (χ4n) is 4.34. The number of nitrogens with zero attached hydrogens (tertiary/aromatic N) is 1. The van der Waals surface area contributed by atoms with Crippen molar-refractivity contribution in [1.29, 1.82) is 0 Å². The van der Waals surface area contributed by atoms with Gasteiger partial charge < -0.3 is 4.74 Å². The van der Waals surface area contributed by atoms with Crippen molar-refractivity contribution < 1.29 is 9.53 Å². The lowest BCUT2D eigenvalue weighted by Crippen LogP contribution is -2.48. The van der Waals surface area contributed by atoms with Gasteiger partial charge in [0.25, 0.3) is 0 Å². The monoisotopic (exact) mass is 321 g/mol. The minimum atomic E-state index is -0.272. The van der Waals surface area contributed by atoms with Crippen LogP contribution >= 0.6 is 0 Å². The first kappa shape index (κ1) is 15.4. The van der Waals surface area contributed by atoms with Crippen molar-refractivity contribution in [3.8, 4) is 11.3 Å². The predicted octanol–water partition coefficient (Wildman–Crippen LogP) is 4.61. The summed E-state index contributed by atoms with van der Waals surface area (Å²) in [4.78, 5) is 17.5. The van der Waals surface area contributed by atoms with E-state index in [1.807, 2.05) is 37.3 Å². The summed E-state index contributed by atoms with van der Waals surface area (Å²) in [6, 6.07) is 12.0. The lowest BCUT2D eigenvalue weighted by molar-refractivity contribution is 0.0167. The summed E-state index contributed by atoms with van der Waals surface area (Å²) in [5.41, 5.74) is 5.07. The van der Waals surface area contributed by atoms with Crippen molar-refractivity contribution >= 4 is 5.97 Å². The maximum atomic E-state index is 12.5. The average molecular weight is 321 g/mol. The molecule has 0 aliphatic heterocycles. The predicted molar refractivity (Wildman–Crippen MR) is 94.0 cm³/mol. The number of carbonyl (C=O) groups is 1. The van der Waals surface area contributed by atoms with Gasteiger partial charge in [0.05, 0.1) is 17.9 Å². The van der Waals surface area contributed by atoms with Crippen molar-refractivity contribution in [2.24, 2.45) is 11.3 Å². The Morgan fingerprint density at radius 2 is 2.04 bits per heavy atom. The minimum Gasteiger partial charge on any atom is -0.462 e. The Morgan fingerprint density at radius 3 is 2.71 bits per heavy atom. The van der Waals surface area contributed by atoms with E-state index in [2.05, 4.69) is 19.9 Å². The third kappa shape index (κ3) is 2.18. The van der Waals surface area contributed by atoms with Crippen molar-refractivity contribution in [3.05, 3.63) is 53.2 Å². The smallest absolute Gasteiger partial charge is 0.340 e. The second-order valence-corrected chi connectivity index (χ2v) is 7.52. The number of hydrogen-bond acceptors (Lipinski definition) is 3. The Bertz CT molecular complexity index is 795. The van der Waals surface area contributed by atoms with Crippen molar-refractivity contribution in [1.82, 2.24) is 4.98 Å². The summed E-state index contributed by atoms with van der Waals surface area (Å²) >= 11 is 0. The van der Waals surface area contributed by atoms with Gasteiger partial charge in [-0.1, -0.05) is 44.2 Å². The number of pyridine rings is 1. The van der Waals surface area contributed by atoms with Crippen LogP contribution in [0.4, 0.5) is 0 Å². The molecule has 3 aliphatic rings. The molecule has 0 radical (unpaired) electrons. The van der Waals surface area contributed by atoms with Gasteiger partial charge in [0, 0.05) is 11.3 Å². The summed E-state index contributed by atoms with van der Waals surface area (Å²) in [5.74, 6) is 0.947. The quantitative estimate of drug-likeness (QED) is 0.775. The molecule has 0 N–H and O–H groups in total. The van der Waals surface area contributed by atoms with E-state index in [0.717, 1.165) is 17.7 Å². The van der Waals surface area contributed by atoms with E-state index in [1.165, 1.54) is 17.7 Å². The summed E-state index contributed by atoms with van der Waals surface area (Å²) in [6.45, 7) is 6.89. The molecule has 1 aromatic heterocycles. The molecule has 2 atom stereocenters. The van der Waals surface area contributed by atoms with Gasteiger partial charge in [0.2, 0.25) is 0 Å². The normalized spacial score (nSPS) is 23.1. The molecule has 0 spiro atoms. The van der Waals surface area contributed by atoms with E-state index in [1.54, 1.807) is 0 Å². The fraction of sp³-hybridized carbons (Fsp3) is 0.429. The van der Waals surface area contributed by atoms with Gasteiger partial charge in [-0.05, 0) is 48.6 Å². The number of benzene rings is 1. The molecule has 2 bridgehead atoms. The number of rotatable bonds is 3. The van der Waals surface area contributed by atoms with Gasteiger partial charge in [-0.15, -0.1) is 0 Å². The Hall–Kier alpha value is -2.16. The molecular weight excluding hydrogens is 298 g/mol.